The van der Waals surface area contributed by atoms with E-state index in [1.54, 1.807) is 21.6 Å². The third kappa shape index (κ3) is 1.12. The van der Waals surface area contributed by atoms with Gasteiger partial charge in [-0.05, 0) is 43.9 Å². The summed E-state index contributed by atoms with van der Waals surface area (Å²) < 4.78 is 0. The minimum Gasteiger partial charge on any atom is -0.144 e. The van der Waals surface area contributed by atoms with Crippen molar-refractivity contribution in [1.29, 1.82) is 0 Å². The van der Waals surface area contributed by atoms with Gasteiger partial charge in [0.1, 0.15) is 0 Å². The quantitative estimate of drug-likeness (QED) is 0.626. The highest BCUT2D eigenvalue weighted by Crippen LogP contribution is 2.48. The average Bonchev–Trinajstić information content (AvgIpc) is 2.55. The zero-order valence-corrected chi connectivity index (χ0v) is 10.5. The van der Waals surface area contributed by atoms with E-state index in [4.69, 9.17) is 0 Å². The molecule has 0 N–H and O–H groups in total. The van der Waals surface area contributed by atoms with Gasteiger partial charge >= 0.3 is 0 Å². The Morgan fingerprint density at radius 1 is 1.21 bits per heavy atom. The predicted molar refractivity (Wildman–Crippen MR) is 65.1 cm³/mol. The maximum absolute atomic E-state index is 2.35. The first-order chi connectivity index (χ1) is 6.57. The number of rotatable bonds is 1. The van der Waals surface area contributed by atoms with Gasteiger partial charge in [0, 0.05) is 15.7 Å². The number of fused-ring (bicyclic) bond motifs is 1. The molecule has 1 aliphatic rings. The van der Waals surface area contributed by atoms with E-state index in [2.05, 4.69) is 34.6 Å². The van der Waals surface area contributed by atoms with E-state index in [0.29, 0.717) is 5.92 Å². The van der Waals surface area contributed by atoms with Gasteiger partial charge in [0.2, 0.25) is 0 Å². The Hall–Kier alpha value is -0.560. The van der Waals surface area contributed by atoms with Crippen LogP contribution in [0.15, 0.2) is 5.57 Å². The first-order valence-corrected chi connectivity index (χ1v) is 6.19. The van der Waals surface area contributed by atoms with Crippen LogP contribution in [-0.2, 0) is 0 Å². The summed E-state index contributed by atoms with van der Waals surface area (Å²) in [7, 11) is 0. The molecule has 76 valence electrons. The van der Waals surface area contributed by atoms with Crippen LogP contribution in [0.4, 0.5) is 0 Å². The summed E-state index contributed by atoms with van der Waals surface area (Å²) in [5.74, 6) is 0.674. The Morgan fingerprint density at radius 2 is 1.86 bits per heavy atom. The molecule has 0 aromatic carbocycles. The van der Waals surface area contributed by atoms with Gasteiger partial charge in [-0.2, -0.15) is 0 Å². The highest BCUT2D eigenvalue weighted by Gasteiger charge is 2.28. The molecule has 0 radical (unpaired) electrons. The molecule has 0 saturated carbocycles. The largest absolute Gasteiger partial charge is 0.144 e. The van der Waals surface area contributed by atoms with Crippen LogP contribution >= 0.6 is 11.3 Å². The van der Waals surface area contributed by atoms with E-state index in [0.717, 1.165) is 0 Å². The number of thiophene rings is 1. The summed E-state index contributed by atoms with van der Waals surface area (Å²) in [6.45, 7) is 11.4. The van der Waals surface area contributed by atoms with Crippen molar-refractivity contribution in [2.24, 2.45) is 0 Å². The lowest BCUT2D eigenvalue weighted by molar-refractivity contribution is 0.877. The van der Waals surface area contributed by atoms with Crippen LogP contribution < -0.4 is 0 Å². The van der Waals surface area contributed by atoms with Crippen molar-refractivity contribution < 1.29 is 0 Å². The third-order valence-electron chi connectivity index (χ3n) is 3.57. The summed E-state index contributed by atoms with van der Waals surface area (Å²) in [6, 6.07) is 0. The maximum Gasteiger partial charge on any atom is 0.0195 e. The van der Waals surface area contributed by atoms with E-state index < -0.39 is 0 Å². The molecule has 1 atom stereocenters. The van der Waals surface area contributed by atoms with Gasteiger partial charge < -0.3 is 0 Å². The molecule has 1 aliphatic carbocycles. The van der Waals surface area contributed by atoms with Crippen LogP contribution in [-0.4, -0.2) is 0 Å². The lowest BCUT2D eigenvalue weighted by atomic mass is 10.0. The predicted octanol–water partition coefficient (Wildman–Crippen LogP) is 4.67. The second-order valence-corrected chi connectivity index (χ2v) is 5.50. The first-order valence-electron chi connectivity index (χ1n) is 5.37. The summed E-state index contributed by atoms with van der Waals surface area (Å²) in [6.07, 6.45) is 1.20. The van der Waals surface area contributed by atoms with Gasteiger partial charge in [0.15, 0.2) is 0 Å². The van der Waals surface area contributed by atoms with Crippen LogP contribution in [0, 0.1) is 13.8 Å². The van der Waals surface area contributed by atoms with E-state index >= 15 is 0 Å². The van der Waals surface area contributed by atoms with E-state index in [1.165, 1.54) is 16.9 Å². The topological polar surface area (TPSA) is 0 Å². The molecule has 0 nitrogen and oxygen atoms in total. The van der Waals surface area contributed by atoms with Crippen LogP contribution in [0.1, 0.15) is 54.0 Å². The van der Waals surface area contributed by atoms with Gasteiger partial charge in [-0.25, -0.2) is 0 Å². The van der Waals surface area contributed by atoms with Crippen molar-refractivity contribution in [3.63, 3.8) is 0 Å². The molecule has 0 aliphatic heterocycles. The molecular formula is C13H18S. The molecule has 1 unspecified atom stereocenters. The molecule has 14 heavy (non-hydrogen) atoms. The summed E-state index contributed by atoms with van der Waals surface area (Å²) in [5, 5.41) is 0. The molecule has 2 rings (SSSR count). The minimum absolute atomic E-state index is 0.674. The minimum atomic E-state index is 0.674. The normalized spacial score (nSPS) is 20.5. The molecule has 1 aromatic rings. The van der Waals surface area contributed by atoms with Gasteiger partial charge in [0.25, 0.3) is 0 Å². The second kappa shape index (κ2) is 3.23. The van der Waals surface area contributed by atoms with Crippen molar-refractivity contribution in [2.75, 3.05) is 0 Å². The Labute approximate surface area is 90.7 Å². The number of hydrogen-bond acceptors (Lipinski definition) is 1. The Bertz CT molecular complexity index is 407. The van der Waals surface area contributed by atoms with Crippen LogP contribution in [0.5, 0.6) is 0 Å². The summed E-state index contributed by atoms with van der Waals surface area (Å²) in [4.78, 5) is 3.10. The Morgan fingerprint density at radius 3 is 2.36 bits per heavy atom. The van der Waals surface area contributed by atoms with Gasteiger partial charge in [0.05, 0.1) is 0 Å². The zero-order chi connectivity index (χ0) is 10.5. The molecule has 0 fully saturated rings. The molecule has 0 bridgehead atoms. The molecule has 0 saturated heterocycles. The molecule has 0 amide bonds. The van der Waals surface area contributed by atoms with Gasteiger partial charge in [-0.3, -0.25) is 0 Å². The standard InChI is InChI=1S/C13H18S/c1-6-11-8(3)12-7(2)10(5)14-13(12)9(11)4/h9H,6H2,1-5H3. The van der Waals surface area contributed by atoms with Gasteiger partial charge in [-0.1, -0.05) is 19.4 Å². The highest BCUT2D eigenvalue weighted by atomic mass is 32.1. The lowest BCUT2D eigenvalue weighted by Gasteiger charge is -2.07. The molecular weight excluding hydrogens is 188 g/mol. The van der Waals surface area contributed by atoms with Crippen LogP contribution in [0.3, 0.4) is 0 Å². The smallest absolute Gasteiger partial charge is 0.0195 e. The van der Waals surface area contributed by atoms with Crippen molar-refractivity contribution in [1.82, 2.24) is 0 Å². The first kappa shape index (κ1) is 9.97. The second-order valence-electron chi connectivity index (χ2n) is 4.25. The fourth-order valence-corrected chi connectivity index (χ4v) is 3.95. The fraction of sp³-hybridized carbons (Fsp3) is 0.538. The van der Waals surface area contributed by atoms with Crippen molar-refractivity contribution >= 4 is 16.9 Å². The molecule has 1 aromatic heterocycles. The van der Waals surface area contributed by atoms with Gasteiger partial charge in [-0.15, -0.1) is 11.3 Å². The zero-order valence-electron chi connectivity index (χ0n) is 9.69. The fourth-order valence-electron chi connectivity index (χ4n) is 2.64. The third-order valence-corrected chi connectivity index (χ3v) is 4.96. The van der Waals surface area contributed by atoms with Crippen LogP contribution in [0.2, 0.25) is 0 Å². The summed E-state index contributed by atoms with van der Waals surface area (Å²) >= 11 is 1.99. The Kier molecular flexibility index (Phi) is 2.30. The molecule has 0 spiro atoms. The summed E-state index contributed by atoms with van der Waals surface area (Å²) in [5.41, 5.74) is 6.28. The maximum atomic E-state index is 2.35. The SMILES string of the molecule is CCC1=C(C)c2c(sc(C)c2C)C1C. The van der Waals surface area contributed by atoms with Crippen molar-refractivity contribution in [3.8, 4) is 0 Å². The number of allylic oxidation sites excluding steroid dienone is 2. The van der Waals surface area contributed by atoms with E-state index in [1.807, 2.05) is 11.3 Å². The van der Waals surface area contributed by atoms with E-state index in [-0.39, 0.29) is 0 Å². The number of hydrogen-bond donors (Lipinski definition) is 0. The van der Waals surface area contributed by atoms with Crippen molar-refractivity contribution in [3.05, 3.63) is 26.5 Å². The average molecular weight is 206 g/mol. The molecule has 1 heterocycles. The number of aryl methyl sites for hydroxylation is 1. The van der Waals surface area contributed by atoms with Crippen molar-refractivity contribution in [2.45, 2.75) is 47.0 Å². The van der Waals surface area contributed by atoms with E-state index in [9.17, 15) is 0 Å². The molecule has 1 heteroatoms. The lowest BCUT2D eigenvalue weighted by Crippen LogP contribution is -1.89. The highest BCUT2D eigenvalue weighted by molar-refractivity contribution is 7.12. The Balaban J connectivity index is 2.65. The van der Waals surface area contributed by atoms with Crippen LogP contribution in [0.25, 0.3) is 5.57 Å². The monoisotopic (exact) mass is 206 g/mol.